The molecule has 1 atom stereocenters. The molecule has 1 unspecified atom stereocenters. The molecule has 22 heavy (non-hydrogen) atoms. The van der Waals surface area contributed by atoms with Crippen molar-refractivity contribution in [1.29, 1.82) is 0 Å². The molecule has 0 amide bonds. The average Bonchev–Trinajstić information content (AvgIpc) is 2.53. The van der Waals surface area contributed by atoms with E-state index in [4.69, 9.17) is 9.47 Å². The summed E-state index contributed by atoms with van der Waals surface area (Å²) in [6.45, 7) is 7.10. The monoisotopic (exact) mass is 312 g/mol. The fourth-order valence-electron chi connectivity index (χ4n) is 1.95. The van der Waals surface area contributed by atoms with Crippen LogP contribution in [0.25, 0.3) is 0 Å². The predicted octanol–water partition coefficient (Wildman–Crippen LogP) is 4.43. The van der Waals surface area contributed by atoms with E-state index >= 15 is 0 Å². The van der Waals surface area contributed by atoms with Gasteiger partial charge in [0.15, 0.2) is 0 Å². The van der Waals surface area contributed by atoms with Crippen molar-refractivity contribution in [3.63, 3.8) is 0 Å². The van der Waals surface area contributed by atoms with Gasteiger partial charge in [0.2, 0.25) is 0 Å². The minimum atomic E-state index is -0.351. The molecule has 0 saturated heterocycles. The van der Waals surface area contributed by atoms with Crippen molar-refractivity contribution in [2.75, 3.05) is 13.2 Å². The van der Waals surface area contributed by atoms with Crippen LogP contribution in [0.1, 0.15) is 72.1 Å². The fourth-order valence-corrected chi connectivity index (χ4v) is 1.95. The first-order valence-electron chi connectivity index (χ1n) is 8.60. The third kappa shape index (κ3) is 12.4. The Bertz CT molecular complexity index is 323. The Hall–Kier alpha value is -1.32. The van der Waals surface area contributed by atoms with Crippen LogP contribution in [0.5, 0.6) is 0 Å². The van der Waals surface area contributed by atoms with Crippen LogP contribution in [-0.4, -0.2) is 25.2 Å². The van der Waals surface area contributed by atoms with Crippen molar-refractivity contribution in [2.45, 2.75) is 72.1 Å². The summed E-state index contributed by atoms with van der Waals surface area (Å²) in [5.74, 6) is -0.232. The highest BCUT2D eigenvalue weighted by Gasteiger charge is 2.12. The Labute approximate surface area is 135 Å². The summed E-state index contributed by atoms with van der Waals surface area (Å²) < 4.78 is 10.2. The molecule has 0 aliphatic heterocycles. The number of ether oxygens (including phenoxy) is 2. The van der Waals surface area contributed by atoms with Crippen molar-refractivity contribution in [3.8, 4) is 0 Å². The van der Waals surface area contributed by atoms with E-state index < -0.39 is 0 Å². The van der Waals surface area contributed by atoms with E-state index in [9.17, 15) is 9.59 Å². The Morgan fingerprint density at radius 2 is 1.64 bits per heavy atom. The van der Waals surface area contributed by atoms with Crippen LogP contribution in [0, 0.1) is 5.92 Å². The van der Waals surface area contributed by atoms with Gasteiger partial charge in [0, 0.05) is 0 Å². The molecule has 0 radical (unpaired) electrons. The molecule has 0 aromatic carbocycles. The number of carbonyl (C=O) groups is 2. The average molecular weight is 312 g/mol. The Balaban J connectivity index is 3.72. The van der Waals surface area contributed by atoms with Gasteiger partial charge in [-0.1, -0.05) is 58.6 Å². The molecule has 0 N–H and O–H groups in total. The zero-order valence-electron chi connectivity index (χ0n) is 14.4. The summed E-state index contributed by atoms with van der Waals surface area (Å²) in [6, 6.07) is 0. The van der Waals surface area contributed by atoms with E-state index in [1.54, 1.807) is 0 Å². The maximum absolute atomic E-state index is 11.6. The second-order valence-corrected chi connectivity index (χ2v) is 5.54. The molecular formula is C18H32O4. The second-order valence-electron chi connectivity index (χ2n) is 5.54. The van der Waals surface area contributed by atoms with E-state index in [1.165, 1.54) is 0 Å². The minimum absolute atomic E-state index is 0.0895. The predicted molar refractivity (Wildman–Crippen MR) is 88.5 cm³/mol. The van der Waals surface area contributed by atoms with Crippen LogP contribution in [0.15, 0.2) is 12.2 Å². The largest absolute Gasteiger partial charge is 0.465 e. The van der Waals surface area contributed by atoms with Crippen molar-refractivity contribution < 1.29 is 19.1 Å². The summed E-state index contributed by atoms with van der Waals surface area (Å²) in [6.07, 6.45) is 10.5. The Morgan fingerprint density at radius 3 is 2.23 bits per heavy atom. The van der Waals surface area contributed by atoms with Crippen molar-refractivity contribution in [1.82, 2.24) is 0 Å². The molecule has 4 nitrogen and oxygen atoms in total. The highest BCUT2D eigenvalue weighted by molar-refractivity contribution is 5.77. The highest BCUT2D eigenvalue weighted by Crippen LogP contribution is 2.13. The Morgan fingerprint density at radius 1 is 0.955 bits per heavy atom. The molecule has 0 aliphatic carbocycles. The zero-order valence-corrected chi connectivity index (χ0v) is 14.4. The van der Waals surface area contributed by atoms with Crippen LogP contribution >= 0.6 is 0 Å². The molecule has 0 aromatic heterocycles. The topological polar surface area (TPSA) is 52.6 Å². The quantitative estimate of drug-likeness (QED) is 0.373. The van der Waals surface area contributed by atoms with E-state index in [0.717, 1.165) is 38.5 Å². The van der Waals surface area contributed by atoms with Gasteiger partial charge in [-0.05, 0) is 18.8 Å². The van der Waals surface area contributed by atoms with Gasteiger partial charge in [0.1, 0.15) is 6.61 Å². The lowest BCUT2D eigenvalue weighted by atomic mass is 10.0. The lowest BCUT2D eigenvalue weighted by molar-refractivity contribution is -0.150. The van der Waals surface area contributed by atoms with Gasteiger partial charge in [-0.2, -0.15) is 0 Å². The number of hydrogen-bond acceptors (Lipinski definition) is 4. The van der Waals surface area contributed by atoms with E-state index in [-0.39, 0.29) is 31.4 Å². The number of rotatable bonds is 13. The summed E-state index contributed by atoms with van der Waals surface area (Å²) in [4.78, 5) is 23.1. The fraction of sp³-hybridized carbons (Fsp3) is 0.778. The molecular weight excluding hydrogens is 280 g/mol. The lowest BCUT2D eigenvalue weighted by Crippen LogP contribution is -2.15. The molecule has 0 saturated carbocycles. The van der Waals surface area contributed by atoms with E-state index in [1.807, 2.05) is 12.2 Å². The maximum atomic E-state index is 11.6. The highest BCUT2D eigenvalue weighted by atomic mass is 16.5. The van der Waals surface area contributed by atoms with Gasteiger partial charge in [0.05, 0.1) is 19.4 Å². The van der Waals surface area contributed by atoms with Crippen LogP contribution in [0.3, 0.4) is 0 Å². The molecule has 128 valence electrons. The van der Waals surface area contributed by atoms with Crippen molar-refractivity contribution >= 4 is 11.9 Å². The first-order valence-corrected chi connectivity index (χ1v) is 8.60. The SMILES string of the molecule is CCC/C=C\COC(=O)CCC(=O)OCC(CC)CCCC. The molecule has 0 spiro atoms. The summed E-state index contributed by atoms with van der Waals surface area (Å²) in [5.41, 5.74) is 0. The molecule has 0 fully saturated rings. The molecule has 0 heterocycles. The number of hydrogen-bond donors (Lipinski definition) is 0. The molecule has 0 aliphatic rings. The maximum Gasteiger partial charge on any atom is 0.306 e. The van der Waals surface area contributed by atoms with Gasteiger partial charge >= 0.3 is 11.9 Å². The van der Waals surface area contributed by atoms with Crippen LogP contribution in [-0.2, 0) is 19.1 Å². The van der Waals surface area contributed by atoms with Gasteiger partial charge < -0.3 is 9.47 Å². The van der Waals surface area contributed by atoms with Crippen LogP contribution < -0.4 is 0 Å². The normalized spacial score (nSPS) is 12.3. The standard InChI is InChI=1S/C18H32O4/c1-4-7-9-10-14-21-17(19)12-13-18(20)22-15-16(6-3)11-8-5-2/h9-10,16H,4-8,11-15H2,1-3H3/b10-9-. The summed E-state index contributed by atoms with van der Waals surface area (Å²) in [7, 11) is 0. The zero-order chi connectivity index (χ0) is 16.6. The first kappa shape index (κ1) is 20.7. The van der Waals surface area contributed by atoms with E-state index in [2.05, 4.69) is 20.8 Å². The Kier molecular flexibility index (Phi) is 13.7. The smallest absolute Gasteiger partial charge is 0.306 e. The molecule has 4 heteroatoms. The molecule has 0 rings (SSSR count). The number of carbonyl (C=O) groups excluding carboxylic acids is 2. The third-order valence-electron chi connectivity index (χ3n) is 3.52. The van der Waals surface area contributed by atoms with Crippen LogP contribution in [0.4, 0.5) is 0 Å². The number of esters is 2. The van der Waals surface area contributed by atoms with Crippen molar-refractivity contribution in [3.05, 3.63) is 12.2 Å². The second kappa shape index (κ2) is 14.6. The summed E-state index contributed by atoms with van der Waals surface area (Å²) in [5, 5.41) is 0. The molecule has 0 bridgehead atoms. The number of unbranched alkanes of at least 4 members (excludes halogenated alkanes) is 2. The van der Waals surface area contributed by atoms with Gasteiger partial charge in [-0.15, -0.1) is 0 Å². The van der Waals surface area contributed by atoms with Gasteiger partial charge in [-0.3, -0.25) is 9.59 Å². The molecule has 0 aromatic rings. The van der Waals surface area contributed by atoms with Gasteiger partial charge in [-0.25, -0.2) is 0 Å². The number of allylic oxidation sites excluding steroid dienone is 1. The van der Waals surface area contributed by atoms with Crippen LogP contribution in [0.2, 0.25) is 0 Å². The first-order chi connectivity index (χ1) is 10.6. The lowest BCUT2D eigenvalue weighted by Gasteiger charge is -2.14. The van der Waals surface area contributed by atoms with Gasteiger partial charge in [0.25, 0.3) is 0 Å². The summed E-state index contributed by atoms with van der Waals surface area (Å²) >= 11 is 0. The van der Waals surface area contributed by atoms with Crippen molar-refractivity contribution in [2.24, 2.45) is 5.92 Å². The van der Waals surface area contributed by atoms with E-state index in [0.29, 0.717) is 12.5 Å². The third-order valence-corrected chi connectivity index (χ3v) is 3.52. The minimum Gasteiger partial charge on any atom is -0.465 e.